The lowest BCUT2D eigenvalue weighted by molar-refractivity contribution is -0.117. The first-order valence-electron chi connectivity index (χ1n) is 7.30. The molecule has 21 heavy (non-hydrogen) atoms. The quantitative estimate of drug-likeness (QED) is 0.844. The van der Waals surface area contributed by atoms with E-state index in [1.54, 1.807) is 0 Å². The Hall–Kier alpha value is -1.53. The first kappa shape index (κ1) is 15.9. The van der Waals surface area contributed by atoms with Crippen molar-refractivity contribution in [2.24, 2.45) is 0 Å². The molecule has 0 aromatic heterocycles. The molecule has 116 valence electrons. The van der Waals surface area contributed by atoms with Gasteiger partial charge in [0.1, 0.15) is 11.6 Å². The smallest absolute Gasteiger partial charge is 0.238 e. The van der Waals surface area contributed by atoms with E-state index in [4.69, 9.17) is 0 Å². The monoisotopic (exact) mass is 297 g/mol. The van der Waals surface area contributed by atoms with Gasteiger partial charge in [0.15, 0.2) is 0 Å². The van der Waals surface area contributed by atoms with Crippen LogP contribution in [0.25, 0.3) is 0 Å². The van der Waals surface area contributed by atoms with Crippen molar-refractivity contribution in [2.45, 2.75) is 25.8 Å². The van der Waals surface area contributed by atoms with Crippen LogP contribution in [0.5, 0.6) is 0 Å². The van der Waals surface area contributed by atoms with E-state index in [2.05, 4.69) is 22.5 Å². The van der Waals surface area contributed by atoms with Crippen LogP contribution in [-0.4, -0.2) is 43.0 Å². The molecule has 1 aliphatic heterocycles. The highest BCUT2D eigenvalue weighted by molar-refractivity contribution is 5.92. The van der Waals surface area contributed by atoms with Crippen LogP contribution >= 0.6 is 0 Å². The lowest BCUT2D eigenvalue weighted by atomic mass is 10.2. The molecule has 0 spiro atoms. The SMILES string of the molecule is CCCN(CC(=O)Nc1cc(F)ccc1F)C1CCNC1. The van der Waals surface area contributed by atoms with Crippen molar-refractivity contribution in [3.63, 3.8) is 0 Å². The molecule has 1 heterocycles. The molecule has 0 saturated carbocycles. The Morgan fingerprint density at radius 3 is 2.95 bits per heavy atom. The molecule has 1 atom stereocenters. The van der Waals surface area contributed by atoms with Crippen molar-refractivity contribution < 1.29 is 13.6 Å². The fourth-order valence-corrected chi connectivity index (χ4v) is 2.60. The highest BCUT2D eigenvalue weighted by Crippen LogP contribution is 2.16. The molecule has 0 aliphatic carbocycles. The Morgan fingerprint density at radius 2 is 2.29 bits per heavy atom. The average Bonchev–Trinajstić information content (AvgIpc) is 2.96. The standard InChI is InChI=1S/C15H21F2N3O/c1-2-7-20(12-5-6-18-9-12)10-15(21)19-14-8-11(16)3-4-13(14)17/h3-4,8,12,18H,2,5-7,9-10H2,1H3,(H,19,21). The predicted octanol–water partition coefficient (Wildman–Crippen LogP) is 1.98. The summed E-state index contributed by atoms with van der Waals surface area (Å²) in [5.74, 6) is -1.52. The minimum Gasteiger partial charge on any atom is -0.322 e. The van der Waals surface area contributed by atoms with Gasteiger partial charge in [-0.05, 0) is 38.1 Å². The molecule has 1 unspecified atom stereocenters. The van der Waals surface area contributed by atoms with E-state index < -0.39 is 11.6 Å². The molecule has 0 bridgehead atoms. The van der Waals surface area contributed by atoms with Crippen molar-refractivity contribution in [3.05, 3.63) is 29.8 Å². The molecule has 6 heteroatoms. The van der Waals surface area contributed by atoms with E-state index in [0.717, 1.165) is 50.7 Å². The van der Waals surface area contributed by atoms with Gasteiger partial charge in [0.25, 0.3) is 0 Å². The summed E-state index contributed by atoms with van der Waals surface area (Å²) in [7, 11) is 0. The lowest BCUT2D eigenvalue weighted by Crippen LogP contribution is -2.42. The molecule has 4 nitrogen and oxygen atoms in total. The number of carbonyl (C=O) groups is 1. The fourth-order valence-electron chi connectivity index (χ4n) is 2.60. The predicted molar refractivity (Wildman–Crippen MR) is 78.1 cm³/mol. The van der Waals surface area contributed by atoms with Gasteiger partial charge >= 0.3 is 0 Å². The summed E-state index contributed by atoms with van der Waals surface area (Å²) in [5, 5.41) is 5.72. The second-order valence-electron chi connectivity index (χ2n) is 5.29. The molecular weight excluding hydrogens is 276 g/mol. The highest BCUT2D eigenvalue weighted by atomic mass is 19.1. The van der Waals surface area contributed by atoms with Crippen LogP contribution in [0.4, 0.5) is 14.5 Å². The molecular formula is C15H21F2N3O. The van der Waals surface area contributed by atoms with Crippen LogP contribution in [0.15, 0.2) is 18.2 Å². The minimum absolute atomic E-state index is 0.110. The summed E-state index contributed by atoms with van der Waals surface area (Å²) in [5.41, 5.74) is -0.110. The fraction of sp³-hybridized carbons (Fsp3) is 0.533. The van der Waals surface area contributed by atoms with Gasteiger partial charge in [-0.15, -0.1) is 0 Å². The van der Waals surface area contributed by atoms with Crippen molar-refractivity contribution in [3.8, 4) is 0 Å². The summed E-state index contributed by atoms with van der Waals surface area (Å²) in [6, 6.07) is 3.36. The Kier molecular flexibility index (Phi) is 5.64. The lowest BCUT2D eigenvalue weighted by Gasteiger charge is -2.27. The normalized spacial score (nSPS) is 18.2. The molecule has 1 saturated heterocycles. The van der Waals surface area contributed by atoms with E-state index in [1.807, 2.05) is 0 Å². The van der Waals surface area contributed by atoms with E-state index in [0.29, 0.717) is 6.04 Å². The number of nitrogens with zero attached hydrogens (tertiary/aromatic N) is 1. The van der Waals surface area contributed by atoms with Gasteiger partial charge in [0, 0.05) is 18.7 Å². The molecule has 1 aromatic rings. The number of benzene rings is 1. The van der Waals surface area contributed by atoms with Gasteiger partial charge in [-0.3, -0.25) is 9.69 Å². The van der Waals surface area contributed by atoms with Crippen molar-refractivity contribution >= 4 is 11.6 Å². The number of hydrogen-bond acceptors (Lipinski definition) is 3. The van der Waals surface area contributed by atoms with Gasteiger partial charge in [0.2, 0.25) is 5.91 Å². The minimum atomic E-state index is -0.630. The highest BCUT2D eigenvalue weighted by Gasteiger charge is 2.23. The largest absolute Gasteiger partial charge is 0.322 e. The first-order chi connectivity index (χ1) is 10.1. The summed E-state index contributed by atoms with van der Waals surface area (Å²) in [6.07, 6.45) is 1.94. The molecule has 1 fully saturated rings. The summed E-state index contributed by atoms with van der Waals surface area (Å²) in [6.45, 7) is 4.87. The summed E-state index contributed by atoms with van der Waals surface area (Å²) in [4.78, 5) is 14.1. The maximum Gasteiger partial charge on any atom is 0.238 e. The van der Waals surface area contributed by atoms with Crippen molar-refractivity contribution in [2.75, 3.05) is 31.5 Å². The molecule has 1 amide bonds. The Labute approximate surface area is 123 Å². The van der Waals surface area contributed by atoms with Gasteiger partial charge in [-0.25, -0.2) is 8.78 Å². The van der Waals surface area contributed by atoms with E-state index >= 15 is 0 Å². The van der Waals surface area contributed by atoms with E-state index in [1.165, 1.54) is 0 Å². The average molecular weight is 297 g/mol. The van der Waals surface area contributed by atoms with Gasteiger partial charge in [-0.1, -0.05) is 6.92 Å². The van der Waals surface area contributed by atoms with Crippen LogP contribution < -0.4 is 10.6 Å². The van der Waals surface area contributed by atoms with Crippen LogP contribution in [0.3, 0.4) is 0 Å². The summed E-state index contributed by atoms with van der Waals surface area (Å²) < 4.78 is 26.6. The summed E-state index contributed by atoms with van der Waals surface area (Å²) >= 11 is 0. The van der Waals surface area contributed by atoms with Crippen LogP contribution in [0, 0.1) is 11.6 Å². The number of hydrogen-bond donors (Lipinski definition) is 2. The van der Waals surface area contributed by atoms with Crippen LogP contribution in [0.2, 0.25) is 0 Å². The Morgan fingerprint density at radius 1 is 1.48 bits per heavy atom. The molecule has 1 aromatic carbocycles. The second-order valence-corrected chi connectivity index (χ2v) is 5.29. The number of rotatable bonds is 6. The van der Waals surface area contributed by atoms with Gasteiger partial charge in [0.05, 0.1) is 12.2 Å². The van der Waals surface area contributed by atoms with E-state index in [9.17, 15) is 13.6 Å². The third-order valence-corrected chi connectivity index (χ3v) is 3.61. The maximum absolute atomic E-state index is 13.5. The molecule has 2 rings (SSSR count). The first-order valence-corrected chi connectivity index (χ1v) is 7.30. The van der Waals surface area contributed by atoms with Crippen molar-refractivity contribution in [1.29, 1.82) is 0 Å². The Balaban J connectivity index is 1.96. The number of halogens is 2. The van der Waals surface area contributed by atoms with Gasteiger partial charge < -0.3 is 10.6 Å². The zero-order valence-electron chi connectivity index (χ0n) is 12.2. The topological polar surface area (TPSA) is 44.4 Å². The molecule has 2 N–H and O–H groups in total. The number of anilines is 1. The number of nitrogens with one attached hydrogen (secondary N) is 2. The van der Waals surface area contributed by atoms with Gasteiger partial charge in [-0.2, -0.15) is 0 Å². The Bertz CT molecular complexity index is 490. The second kappa shape index (κ2) is 7.47. The number of carbonyl (C=O) groups excluding carboxylic acids is 1. The van der Waals surface area contributed by atoms with Crippen LogP contribution in [-0.2, 0) is 4.79 Å². The third kappa shape index (κ3) is 4.47. The zero-order valence-corrected chi connectivity index (χ0v) is 12.2. The maximum atomic E-state index is 13.5. The zero-order chi connectivity index (χ0) is 15.2. The van der Waals surface area contributed by atoms with Crippen LogP contribution in [0.1, 0.15) is 19.8 Å². The van der Waals surface area contributed by atoms with Crippen molar-refractivity contribution in [1.82, 2.24) is 10.2 Å². The molecule has 1 aliphatic rings. The molecule has 0 radical (unpaired) electrons. The number of amides is 1. The van der Waals surface area contributed by atoms with E-state index in [-0.39, 0.29) is 18.1 Å². The third-order valence-electron chi connectivity index (χ3n) is 3.61.